The van der Waals surface area contributed by atoms with Gasteiger partial charge in [0.25, 0.3) is 11.8 Å². The van der Waals surface area contributed by atoms with Crippen molar-refractivity contribution in [3.63, 3.8) is 0 Å². The number of aryl methyl sites for hydroxylation is 2. The van der Waals surface area contributed by atoms with Crippen molar-refractivity contribution in [1.82, 2.24) is 9.38 Å². The van der Waals surface area contributed by atoms with Crippen molar-refractivity contribution < 1.29 is 9.59 Å². The van der Waals surface area contributed by atoms with Crippen LogP contribution in [0.1, 0.15) is 167 Å². The first-order chi connectivity index (χ1) is 22.9. The van der Waals surface area contributed by atoms with Gasteiger partial charge in [-0.1, -0.05) is 104 Å². The first kappa shape index (κ1) is 36.5. The Hall–Kier alpha value is -1.80. The topological polar surface area (TPSA) is 37.4 Å². The first-order valence-electron chi connectivity index (χ1n) is 19.0. The molecule has 0 aromatic carbocycles. The summed E-state index contributed by atoms with van der Waals surface area (Å²) in [4.78, 5) is 36.5. The SMILES string of the molecule is CCCCCCCCN1C(=O)c2c(C)sc(-c3cc4c(s3)-c3sc(C)cc3[N+]4(CCCCCCCC)CCCCCCCC)c2C1=O. The maximum absolute atomic E-state index is 13.9. The Labute approximate surface area is 297 Å². The molecular weight excluding hydrogens is 637 g/mol. The van der Waals surface area contributed by atoms with Gasteiger partial charge in [-0.25, -0.2) is 0 Å². The first-order valence-corrected chi connectivity index (χ1v) is 21.5. The summed E-state index contributed by atoms with van der Waals surface area (Å²) in [6, 6.07) is 4.92. The summed E-state index contributed by atoms with van der Waals surface area (Å²) in [5.41, 5.74) is 4.32. The molecule has 0 atom stereocenters. The number of rotatable bonds is 22. The third-order valence-electron chi connectivity index (χ3n) is 10.4. The summed E-state index contributed by atoms with van der Waals surface area (Å²) in [5, 5.41) is 0. The van der Waals surface area contributed by atoms with Gasteiger partial charge in [0.05, 0.1) is 34.0 Å². The smallest absolute Gasteiger partial charge is 0.263 e. The molecule has 0 radical (unpaired) electrons. The number of amides is 2. The number of thiophene rings is 3. The standard InChI is InChI=1S/C40H59N2O2S3/c1-6-9-12-15-18-21-24-41-39(43)34-30(5)46-38(35(34)40(41)44)33-28-32-37(47-33)36-31(27-29(4)45-36)42(32,25-22-19-16-13-10-7-2)26-23-20-17-14-11-8-3/h27-28H,6-26H2,1-5H3/q+1. The molecule has 3 aromatic heterocycles. The monoisotopic (exact) mass is 695 g/mol. The molecule has 2 aliphatic heterocycles. The lowest BCUT2D eigenvalue weighted by Crippen LogP contribution is -2.44. The Kier molecular flexibility index (Phi) is 13.4. The molecular formula is C40H59N2O2S3+. The quantitative estimate of drug-likeness (QED) is 0.0596. The summed E-state index contributed by atoms with van der Waals surface area (Å²) in [5.74, 6) is -0.144. The highest BCUT2D eigenvalue weighted by Crippen LogP contribution is 2.62. The van der Waals surface area contributed by atoms with Gasteiger partial charge in [0, 0.05) is 28.4 Å². The van der Waals surface area contributed by atoms with Crippen LogP contribution in [-0.2, 0) is 0 Å². The van der Waals surface area contributed by atoms with Crippen LogP contribution in [0.5, 0.6) is 0 Å². The summed E-state index contributed by atoms with van der Waals surface area (Å²) >= 11 is 5.47. The highest BCUT2D eigenvalue weighted by Gasteiger charge is 2.48. The second-order valence-corrected chi connectivity index (χ2v) is 17.6. The average Bonchev–Trinajstić information content (AvgIpc) is 3.84. The number of hydrogen-bond acceptors (Lipinski definition) is 5. The maximum atomic E-state index is 13.9. The molecule has 5 heterocycles. The molecule has 0 saturated carbocycles. The minimum absolute atomic E-state index is 0.0703. The van der Waals surface area contributed by atoms with Gasteiger partial charge in [-0.2, -0.15) is 0 Å². The van der Waals surface area contributed by atoms with Crippen molar-refractivity contribution in [2.75, 3.05) is 19.6 Å². The Morgan fingerprint density at radius 2 is 1.04 bits per heavy atom. The van der Waals surface area contributed by atoms with Crippen LogP contribution in [0, 0.1) is 13.8 Å². The molecule has 2 aliphatic rings. The third-order valence-corrected chi connectivity index (χ3v) is 14.0. The van der Waals surface area contributed by atoms with Gasteiger partial charge < -0.3 is 0 Å². The Morgan fingerprint density at radius 1 is 0.553 bits per heavy atom. The van der Waals surface area contributed by atoms with E-state index in [4.69, 9.17) is 0 Å². The number of carbonyl (C=O) groups excluding carboxylic acids is 2. The molecule has 0 fully saturated rings. The van der Waals surface area contributed by atoms with E-state index in [2.05, 4.69) is 39.8 Å². The van der Waals surface area contributed by atoms with Gasteiger partial charge in [0.1, 0.15) is 9.75 Å². The number of nitrogens with zero attached hydrogens (tertiary/aromatic N) is 2. The average molecular weight is 696 g/mol. The molecule has 7 heteroatoms. The summed E-state index contributed by atoms with van der Waals surface area (Å²) in [6.45, 7) is 14.0. The molecule has 0 spiro atoms. The highest BCUT2D eigenvalue weighted by atomic mass is 32.1. The number of fused-ring (bicyclic) bond motifs is 4. The van der Waals surface area contributed by atoms with Crippen LogP contribution in [0.4, 0.5) is 11.4 Å². The summed E-state index contributed by atoms with van der Waals surface area (Å²) < 4.78 is 0.969. The minimum atomic E-state index is -0.0740. The Balaban J connectivity index is 1.43. The fraction of sp³-hybridized carbons (Fsp3) is 0.650. The second kappa shape index (κ2) is 17.2. The molecule has 258 valence electrons. The van der Waals surface area contributed by atoms with Crippen LogP contribution in [0.25, 0.3) is 19.5 Å². The summed E-state index contributed by atoms with van der Waals surface area (Å²) in [6.07, 6.45) is 22.5. The van der Waals surface area contributed by atoms with E-state index in [1.54, 1.807) is 16.2 Å². The van der Waals surface area contributed by atoms with Crippen molar-refractivity contribution in [1.29, 1.82) is 0 Å². The Bertz CT molecular complexity index is 1480. The van der Waals surface area contributed by atoms with Gasteiger partial charge in [-0.05, 0) is 46.0 Å². The molecule has 0 N–H and O–H groups in total. The van der Waals surface area contributed by atoms with E-state index in [1.165, 1.54) is 134 Å². The van der Waals surface area contributed by atoms with E-state index < -0.39 is 0 Å². The zero-order chi connectivity index (χ0) is 33.4. The maximum Gasteiger partial charge on any atom is 0.263 e. The van der Waals surface area contributed by atoms with Crippen molar-refractivity contribution in [3.05, 3.63) is 33.0 Å². The summed E-state index contributed by atoms with van der Waals surface area (Å²) in [7, 11) is 0. The van der Waals surface area contributed by atoms with Crippen molar-refractivity contribution in [2.45, 2.75) is 150 Å². The van der Waals surface area contributed by atoms with Gasteiger partial charge in [-0.3, -0.25) is 19.0 Å². The number of carbonyl (C=O) groups is 2. The van der Waals surface area contributed by atoms with Gasteiger partial charge in [0.15, 0.2) is 11.4 Å². The van der Waals surface area contributed by atoms with Gasteiger partial charge in [0.2, 0.25) is 0 Å². The van der Waals surface area contributed by atoms with E-state index in [0.717, 1.165) is 40.2 Å². The number of unbranched alkanes of at least 4 members (excludes halogenated alkanes) is 15. The van der Waals surface area contributed by atoms with Crippen LogP contribution in [0.2, 0.25) is 0 Å². The second-order valence-electron chi connectivity index (χ2n) is 14.1. The van der Waals surface area contributed by atoms with E-state index >= 15 is 0 Å². The normalized spacial score (nSPS) is 14.8. The molecule has 2 amide bonds. The molecule has 0 bridgehead atoms. The van der Waals surface area contributed by atoms with E-state index in [1.807, 2.05) is 29.6 Å². The lowest BCUT2D eigenvalue weighted by atomic mass is 10.1. The predicted octanol–water partition coefficient (Wildman–Crippen LogP) is 13.5. The lowest BCUT2D eigenvalue weighted by molar-refractivity contribution is 0.0651. The van der Waals surface area contributed by atoms with E-state index in [-0.39, 0.29) is 11.8 Å². The van der Waals surface area contributed by atoms with E-state index in [9.17, 15) is 9.59 Å². The molecule has 4 nitrogen and oxygen atoms in total. The molecule has 0 saturated heterocycles. The minimum Gasteiger partial charge on any atom is -0.274 e. The molecule has 5 rings (SSSR count). The van der Waals surface area contributed by atoms with Crippen LogP contribution < -0.4 is 4.48 Å². The zero-order valence-electron chi connectivity index (χ0n) is 29.9. The largest absolute Gasteiger partial charge is 0.274 e. The van der Waals surface area contributed by atoms with Crippen molar-refractivity contribution >= 4 is 57.2 Å². The van der Waals surface area contributed by atoms with Crippen LogP contribution >= 0.6 is 34.0 Å². The number of imide groups is 1. The van der Waals surface area contributed by atoms with Crippen molar-refractivity contribution in [3.8, 4) is 19.5 Å². The molecule has 47 heavy (non-hydrogen) atoms. The molecule has 3 aromatic rings. The van der Waals surface area contributed by atoms with Crippen molar-refractivity contribution in [2.24, 2.45) is 0 Å². The number of hydrogen-bond donors (Lipinski definition) is 0. The fourth-order valence-corrected chi connectivity index (χ4v) is 11.5. The Morgan fingerprint density at radius 3 is 1.64 bits per heavy atom. The number of quaternary nitrogens is 1. The van der Waals surface area contributed by atoms with Gasteiger partial charge >= 0.3 is 0 Å². The molecule has 0 unspecified atom stereocenters. The van der Waals surface area contributed by atoms with E-state index in [0.29, 0.717) is 17.7 Å². The van der Waals surface area contributed by atoms with Crippen LogP contribution in [0.3, 0.4) is 0 Å². The lowest BCUT2D eigenvalue weighted by Gasteiger charge is -2.34. The van der Waals surface area contributed by atoms with Crippen LogP contribution in [0.15, 0.2) is 12.1 Å². The van der Waals surface area contributed by atoms with Crippen LogP contribution in [-0.4, -0.2) is 36.3 Å². The fourth-order valence-electron chi connectivity index (χ4n) is 7.80. The third kappa shape index (κ3) is 7.84. The predicted molar refractivity (Wildman–Crippen MR) is 207 cm³/mol. The van der Waals surface area contributed by atoms with Gasteiger partial charge in [-0.15, -0.1) is 34.0 Å². The molecule has 0 aliphatic carbocycles. The zero-order valence-corrected chi connectivity index (χ0v) is 32.4. The highest BCUT2D eigenvalue weighted by molar-refractivity contribution is 7.27.